The van der Waals surface area contributed by atoms with Crippen LogP contribution in [0.3, 0.4) is 0 Å². The van der Waals surface area contributed by atoms with E-state index < -0.39 is 45.8 Å². The highest BCUT2D eigenvalue weighted by Gasteiger charge is 2.67. The molecule has 2 N–H and O–H groups in total. The average molecular weight is 885 g/mol. The highest BCUT2D eigenvalue weighted by molar-refractivity contribution is 5.95. The van der Waals surface area contributed by atoms with Crippen LogP contribution >= 0.6 is 0 Å². The molecule has 10 fully saturated rings. The van der Waals surface area contributed by atoms with E-state index in [4.69, 9.17) is 19.1 Å². The fraction of sp³-hybridized carbons (Fsp3) is 0.800. The van der Waals surface area contributed by atoms with E-state index in [0.29, 0.717) is 103 Å². The maximum absolute atomic E-state index is 14.1. The van der Waals surface area contributed by atoms with E-state index in [9.17, 15) is 28.8 Å². The molecule has 16 atom stereocenters. The Balaban J connectivity index is 0.892. The van der Waals surface area contributed by atoms with Crippen molar-refractivity contribution in [2.75, 3.05) is 26.2 Å². The highest BCUT2D eigenvalue weighted by Crippen LogP contribution is 2.66. The van der Waals surface area contributed by atoms with E-state index in [-0.39, 0.29) is 82.7 Å². The second-order valence-corrected chi connectivity index (χ2v) is 22.5. The Morgan fingerprint density at radius 3 is 1.38 bits per heavy atom. The van der Waals surface area contributed by atoms with Crippen LogP contribution in [0, 0.1) is 69.0 Å². The summed E-state index contributed by atoms with van der Waals surface area (Å²) in [5, 5.41) is 15.8. The molecule has 0 aromatic rings. The highest BCUT2D eigenvalue weighted by atomic mass is 16.6. The van der Waals surface area contributed by atoms with Gasteiger partial charge in [-0.15, -0.1) is 0 Å². The SMILES string of the molecule is C[C@]12C(CC(=O)[C@@H]3[C@H]1CC[C@]1(C)C(=O)CC[C@@H]31)CC(=NO[C@@H]1CCNC1)CC2OC(=O)/C=C/C(=O)OC1CC(=NO[C@@H]2CCNC2)CC2CC(=O)[C@@H]3[C@@H](CC[C@]4(C)C(=O)CC[C@@H]34)[C@]21C. The number of fused-ring (bicyclic) bond motifs is 10. The van der Waals surface area contributed by atoms with Crippen molar-refractivity contribution in [1.29, 1.82) is 0 Å². The Hall–Kier alpha value is -3.78. The molecule has 2 saturated heterocycles. The van der Waals surface area contributed by atoms with Gasteiger partial charge >= 0.3 is 11.9 Å². The van der Waals surface area contributed by atoms with Crippen LogP contribution in [0.1, 0.15) is 130 Å². The standard InChI is InChI=1S/C50H68N4O10/c1-47-15-11-35-45(33(47)5-7-39(47)57)37(55)21-27-19-29(53-63-31-13-17-51-25-31)23-41(49(27,35)3)61-43(59)9-10-44(60)62-42-24-30(54-64-32-14-18-52-26-32)20-28-22-38(56)46-34-6-8-40(58)48(34,2)16-12-36(46)50(28,42)4/h9-10,27-28,31-36,41-42,45-46,51-52H,5-8,11-26H2,1-4H3/b10-9+,53-29?,54-30?/t27?,28?,31-,32-,33+,34+,35-,36-,41?,42?,45+,46+,47+,48+,49+,50+/m1/s1. The summed E-state index contributed by atoms with van der Waals surface area (Å²) in [7, 11) is 0. The summed E-state index contributed by atoms with van der Waals surface area (Å²) in [4.78, 5) is 94.7. The lowest BCUT2D eigenvalue weighted by molar-refractivity contribution is -0.183. The minimum atomic E-state index is -0.677. The molecule has 8 aliphatic carbocycles. The first-order valence-electron chi connectivity index (χ1n) is 24.7. The number of ether oxygens (including phenoxy) is 2. The van der Waals surface area contributed by atoms with Gasteiger partial charge in [-0.1, -0.05) is 38.0 Å². The molecule has 2 heterocycles. The topological polar surface area (TPSA) is 188 Å². The fourth-order valence-electron chi connectivity index (χ4n) is 15.8. The zero-order chi connectivity index (χ0) is 44.8. The first kappa shape index (κ1) is 44.1. The van der Waals surface area contributed by atoms with Crippen LogP contribution in [0.2, 0.25) is 0 Å². The van der Waals surface area contributed by atoms with Crippen LogP contribution in [0.25, 0.3) is 0 Å². The molecule has 0 aromatic heterocycles. The molecule has 14 nitrogen and oxygen atoms in total. The monoisotopic (exact) mass is 884 g/mol. The molecule has 64 heavy (non-hydrogen) atoms. The predicted molar refractivity (Wildman–Crippen MR) is 234 cm³/mol. The summed E-state index contributed by atoms with van der Waals surface area (Å²) in [6.45, 7) is 11.6. The molecular formula is C50H68N4O10. The van der Waals surface area contributed by atoms with Gasteiger partial charge in [-0.25, -0.2) is 9.59 Å². The Morgan fingerprint density at radius 2 is 0.984 bits per heavy atom. The van der Waals surface area contributed by atoms with Crippen molar-refractivity contribution in [3.8, 4) is 0 Å². The Labute approximate surface area is 376 Å². The summed E-state index contributed by atoms with van der Waals surface area (Å²) in [5.41, 5.74) is -0.586. The zero-order valence-corrected chi connectivity index (χ0v) is 38.2. The van der Waals surface area contributed by atoms with Crippen LogP contribution in [-0.4, -0.2) is 97.1 Å². The third kappa shape index (κ3) is 7.16. The molecule has 0 aromatic carbocycles. The maximum atomic E-state index is 14.1. The number of ketones is 4. The lowest BCUT2D eigenvalue weighted by atomic mass is 9.44. The summed E-state index contributed by atoms with van der Waals surface area (Å²) in [6.07, 6.45) is 10.4. The number of hydrogen-bond donors (Lipinski definition) is 2. The first-order valence-corrected chi connectivity index (χ1v) is 24.7. The molecular weight excluding hydrogens is 817 g/mol. The van der Waals surface area contributed by atoms with Crippen molar-refractivity contribution in [3.63, 3.8) is 0 Å². The van der Waals surface area contributed by atoms with Gasteiger partial charge in [0.25, 0.3) is 0 Å². The molecule has 8 saturated carbocycles. The Kier molecular flexibility index (Phi) is 11.4. The Morgan fingerprint density at radius 1 is 0.562 bits per heavy atom. The first-order chi connectivity index (χ1) is 30.6. The van der Waals surface area contributed by atoms with Gasteiger partial charge < -0.3 is 29.8 Å². The fourth-order valence-corrected chi connectivity index (χ4v) is 15.8. The molecule has 0 radical (unpaired) electrons. The van der Waals surface area contributed by atoms with Gasteiger partial charge in [-0.2, -0.15) is 0 Å². The molecule has 0 bridgehead atoms. The molecule has 348 valence electrons. The molecule has 10 aliphatic rings. The van der Waals surface area contributed by atoms with Crippen LogP contribution in [0.5, 0.6) is 0 Å². The van der Waals surface area contributed by atoms with Crippen molar-refractivity contribution in [2.45, 2.75) is 155 Å². The number of rotatable bonds is 8. The van der Waals surface area contributed by atoms with E-state index in [2.05, 4.69) is 34.8 Å². The average Bonchev–Trinajstić information content (AvgIpc) is 4.09. The molecule has 10 rings (SSSR count). The van der Waals surface area contributed by atoms with Crippen LogP contribution in [0.15, 0.2) is 22.5 Å². The number of esters is 2. The van der Waals surface area contributed by atoms with E-state index in [1.807, 2.05) is 13.8 Å². The number of hydrogen-bond acceptors (Lipinski definition) is 14. The molecule has 2 aliphatic heterocycles. The third-order valence-corrected chi connectivity index (χ3v) is 19.7. The van der Waals surface area contributed by atoms with Gasteiger partial charge in [0.1, 0.15) is 47.5 Å². The minimum absolute atomic E-state index is 0.0160. The summed E-state index contributed by atoms with van der Waals surface area (Å²) >= 11 is 0. The second-order valence-electron chi connectivity index (χ2n) is 22.5. The lowest BCUT2D eigenvalue weighted by Gasteiger charge is -2.60. The van der Waals surface area contributed by atoms with Crippen molar-refractivity contribution < 1.29 is 47.9 Å². The van der Waals surface area contributed by atoms with Crippen LogP contribution in [-0.2, 0) is 47.9 Å². The minimum Gasteiger partial charge on any atom is -0.458 e. The number of nitrogens with zero attached hydrogens (tertiary/aromatic N) is 2. The zero-order valence-electron chi connectivity index (χ0n) is 38.2. The van der Waals surface area contributed by atoms with Crippen molar-refractivity contribution in [1.82, 2.24) is 10.6 Å². The van der Waals surface area contributed by atoms with Gasteiger partial charge in [-0.05, 0) is 100.0 Å². The second kappa shape index (κ2) is 16.5. The number of Topliss-reactive ketones (excluding diaryl/α,β-unsaturated/α-hetero) is 4. The molecule has 4 unspecified atom stereocenters. The number of oxime groups is 2. The normalized spacial score (nSPS) is 47.4. The van der Waals surface area contributed by atoms with Crippen LogP contribution < -0.4 is 10.6 Å². The van der Waals surface area contributed by atoms with Gasteiger partial charge in [-0.3, -0.25) is 19.2 Å². The molecule has 14 heteroatoms. The van der Waals surface area contributed by atoms with E-state index in [0.717, 1.165) is 49.5 Å². The largest absolute Gasteiger partial charge is 0.458 e. The summed E-state index contributed by atoms with van der Waals surface area (Å²) in [5.74, 6) is -1.38. The van der Waals surface area contributed by atoms with E-state index in [1.165, 1.54) is 0 Å². The van der Waals surface area contributed by atoms with Crippen molar-refractivity contribution in [2.24, 2.45) is 79.3 Å². The molecule has 0 spiro atoms. The van der Waals surface area contributed by atoms with Gasteiger partial charge in [0.2, 0.25) is 0 Å². The summed E-state index contributed by atoms with van der Waals surface area (Å²) < 4.78 is 12.9. The van der Waals surface area contributed by atoms with Crippen molar-refractivity contribution >= 4 is 46.5 Å². The number of carbonyl (C=O) groups excluding carboxylic acids is 6. The van der Waals surface area contributed by atoms with Crippen LogP contribution in [0.4, 0.5) is 0 Å². The number of nitrogens with one attached hydrogen (secondary N) is 2. The molecule has 0 amide bonds. The quantitative estimate of drug-likeness (QED) is 0.174. The van der Waals surface area contributed by atoms with E-state index >= 15 is 0 Å². The Bertz CT molecular complexity index is 1910. The number of carbonyl (C=O) groups is 6. The predicted octanol–water partition coefficient (Wildman–Crippen LogP) is 5.64. The van der Waals surface area contributed by atoms with Gasteiger partial charge in [0.15, 0.2) is 0 Å². The third-order valence-electron chi connectivity index (χ3n) is 19.7. The van der Waals surface area contributed by atoms with Gasteiger partial charge in [0.05, 0.1) is 11.4 Å². The van der Waals surface area contributed by atoms with E-state index in [1.54, 1.807) is 0 Å². The van der Waals surface area contributed by atoms with Gasteiger partial charge in [0, 0.05) is 110 Å². The maximum Gasteiger partial charge on any atom is 0.331 e. The lowest BCUT2D eigenvalue weighted by Crippen LogP contribution is -2.62. The van der Waals surface area contributed by atoms with Crippen molar-refractivity contribution in [3.05, 3.63) is 12.2 Å². The smallest absolute Gasteiger partial charge is 0.331 e. The summed E-state index contributed by atoms with van der Waals surface area (Å²) in [6, 6.07) is 0.